The van der Waals surface area contributed by atoms with Crippen LogP contribution in [-0.2, 0) is 4.79 Å². The third-order valence-electron chi connectivity index (χ3n) is 4.52. The van der Waals surface area contributed by atoms with Crippen LogP contribution in [0, 0.1) is 0 Å². The van der Waals surface area contributed by atoms with Gasteiger partial charge in [0.25, 0.3) is 0 Å². The molecule has 154 valence electrons. The first-order valence-corrected chi connectivity index (χ1v) is 9.74. The fourth-order valence-corrected chi connectivity index (χ4v) is 3.24. The number of methoxy groups -OCH3 is 1. The lowest BCUT2D eigenvalue weighted by Crippen LogP contribution is -2.08. The molecule has 7 heteroatoms. The number of ether oxygens (including phenoxy) is 1. The van der Waals surface area contributed by atoms with Gasteiger partial charge in [-0.2, -0.15) is 0 Å². The lowest BCUT2D eigenvalue weighted by molar-refractivity contribution is -0.111. The summed E-state index contributed by atoms with van der Waals surface area (Å²) in [6, 6.07) is 19.0. The Balaban J connectivity index is 1.56. The Morgan fingerprint density at radius 1 is 1.10 bits per heavy atom. The molecule has 0 aliphatic heterocycles. The second-order valence-electron chi connectivity index (χ2n) is 6.61. The molecule has 0 bridgehead atoms. The smallest absolute Gasteiger partial charge is 0.347 e. The number of hydrogen-bond acceptors (Lipinski definition) is 5. The van der Waals surface area contributed by atoms with Gasteiger partial charge in [0.1, 0.15) is 5.75 Å². The van der Waals surface area contributed by atoms with E-state index in [1.165, 1.54) is 6.08 Å². The van der Waals surface area contributed by atoms with E-state index in [9.17, 15) is 9.59 Å². The van der Waals surface area contributed by atoms with Crippen molar-refractivity contribution in [3.63, 3.8) is 0 Å². The molecule has 0 aliphatic carbocycles. The van der Waals surface area contributed by atoms with E-state index in [0.29, 0.717) is 38.5 Å². The third kappa shape index (κ3) is 4.65. The minimum atomic E-state index is -0.464. The van der Waals surface area contributed by atoms with E-state index in [-0.39, 0.29) is 11.8 Å². The summed E-state index contributed by atoms with van der Waals surface area (Å²) < 4.78 is 10.6. The highest BCUT2D eigenvalue weighted by Crippen LogP contribution is 2.24. The number of carbonyl (C=O) groups excluding carboxylic acids is 1. The summed E-state index contributed by atoms with van der Waals surface area (Å²) in [5.41, 5.74) is 1.86. The van der Waals surface area contributed by atoms with Crippen LogP contribution in [-0.4, -0.2) is 18.0 Å². The largest absolute Gasteiger partial charge is 0.496 e. The van der Waals surface area contributed by atoms with Crippen LogP contribution in [0.3, 0.4) is 0 Å². The molecular weight excluding hydrogens is 416 g/mol. The maximum atomic E-state index is 12.4. The number of amides is 1. The Morgan fingerprint density at radius 3 is 2.77 bits per heavy atom. The predicted octanol–water partition coefficient (Wildman–Crippen LogP) is 5.17. The minimum absolute atomic E-state index is 0.180. The lowest BCUT2D eigenvalue weighted by atomic mass is 10.1. The van der Waals surface area contributed by atoms with Gasteiger partial charge in [-0.1, -0.05) is 29.8 Å². The number of benzene rings is 3. The Bertz CT molecular complexity index is 1360. The van der Waals surface area contributed by atoms with Crippen LogP contribution in [0.1, 0.15) is 5.56 Å². The number of fused-ring (bicyclic) bond motifs is 1. The highest BCUT2D eigenvalue weighted by atomic mass is 35.5. The second kappa shape index (κ2) is 8.85. The molecule has 0 saturated heterocycles. The molecule has 0 radical (unpaired) electrons. The molecule has 1 heterocycles. The van der Waals surface area contributed by atoms with Gasteiger partial charge < -0.3 is 14.5 Å². The number of carbonyl (C=O) groups is 1. The van der Waals surface area contributed by atoms with Crippen molar-refractivity contribution in [2.45, 2.75) is 0 Å². The Kier molecular flexibility index (Phi) is 5.82. The number of anilines is 1. The zero-order valence-electron chi connectivity index (χ0n) is 16.5. The molecule has 6 nitrogen and oxygen atoms in total. The number of rotatable bonds is 5. The zero-order chi connectivity index (χ0) is 21.8. The summed E-state index contributed by atoms with van der Waals surface area (Å²) in [4.78, 5) is 29.0. The first kappa shape index (κ1) is 20.4. The van der Waals surface area contributed by atoms with E-state index in [2.05, 4.69) is 10.3 Å². The van der Waals surface area contributed by atoms with Gasteiger partial charge in [0.2, 0.25) is 11.8 Å². The number of aromatic nitrogens is 1. The minimum Gasteiger partial charge on any atom is -0.496 e. The zero-order valence-corrected chi connectivity index (χ0v) is 17.2. The molecule has 0 saturated carbocycles. The van der Waals surface area contributed by atoms with Crippen LogP contribution in [0.15, 0.2) is 82.0 Å². The molecule has 0 atom stereocenters. The summed E-state index contributed by atoms with van der Waals surface area (Å²) >= 11 is 6.01. The first-order valence-electron chi connectivity index (χ1n) is 9.36. The second-order valence-corrected chi connectivity index (χ2v) is 7.05. The van der Waals surface area contributed by atoms with Crippen molar-refractivity contribution in [3.05, 3.63) is 93.8 Å². The number of halogens is 1. The number of para-hydroxylation sites is 1. The Hall–Kier alpha value is -3.90. The Morgan fingerprint density at radius 2 is 1.94 bits per heavy atom. The maximum Gasteiger partial charge on any atom is 0.347 e. The van der Waals surface area contributed by atoms with Crippen molar-refractivity contribution in [1.29, 1.82) is 0 Å². The van der Waals surface area contributed by atoms with Crippen molar-refractivity contribution in [1.82, 2.24) is 4.98 Å². The van der Waals surface area contributed by atoms with Gasteiger partial charge in [-0.15, -0.1) is 0 Å². The fourth-order valence-electron chi connectivity index (χ4n) is 3.06. The molecule has 0 fully saturated rings. The number of nitrogens with zero attached hydrogens (tertiary/aromatic N) is 1. The van der Waals surface area contributed by atoms with E-state index in [4.69, 9.17) is 20.8 Å². The van der Waals surface area contributed by atoms with Crippen LogP contribution in [0.2, 0.25) is 5.02 Å². The molecule has 0 spiro atoms. The number of hydrogen-bond donors (Lipinski definition) is 1. The van der Waals surface area contributed by atoms with Crippen molar-refractivity contribution in [2.24, 2.45) is 0 Å². The summed E-state index contributed by atoms with van der Waals surface area (Å²) in [5, 5.41) is 3.73. The molecule has 0 aliphatic rings. The summed E-state index contributed by atoms with van der Waals surface area (Å²) in [5.74, 6) is 0.443. The normalized spacial score (nSPS) is 11.0. The lowest BCUT2D eigenvalue weighted by Gasteiger charge is -2.06. The topological polar surface area (TPSA) is 81.4 Å². The van der Waals surface area contributed by atoms with Crippen LogP contribution in [0.4, 0.5) is 5.69 Å². The highest BCUT2D eigenvalue weighted by molar-refractivity contribution is 6.30. The fraction of sp³-hybridized carbons (Fsp3) is 0.0417. The molecule has 0 unspecified atom stereocenters. The molecule has 1 N–H and O–H groups in total. The van der Waals surface area contributed by atoms with E-state index in [1.54, 1.807) is 79.9 Å². The van der Waals surface area contributed by atoms with Gasteiger partial charge in [-0.3, -0.25) is 4.79 Å². The van der Waals surface area contributed by atoms with Gasteiger partial charge >= 0.3 is 5.63 Å². The quantitative estimate of drug-likeness (QED) is 0.440. The van der Waals surface area contributed by atoms with Crippen molar-refractivity contribution < 1.29 is 13.9 Å². The standard InChI is InChI=1S/C24H17ClN2O4/c1-30-21-11-10-17(25)13-15(21)9-12-22(28)26-18-6-4-5-16(14-18)23-27-20-8-3-2-7-19(20)24(29)31-23/h2-14H,1H3,(H,26,28)/b12-9+. The Labute approximate surface area is 182 Å². The predicted molar refractivity (Wildman–Crippen MR) is 121 cm³/mol. The number of nitrogens with one attached hydrogen (secondary N) is 1. The van der Waals surface area contributed by atoms with E-state index in [0.717, 1.165) is 0 Å². The summed E-state index contributed by atoms with van der Waals surface area (Å²) in [7, 11) is 1.55. The van der Waals surface area contributed by atoms with Gasteiger partial charge in [-0.25, -0.2) is 9.78 Å². The SMILES string of the molecule is COc1ccc(Cl)cc1/C=C/C(=O)Nc1cccc(-c2nc3ccccc3c(=O)o2)c1. The van der Waals surface area contributed by atoms with Crippen LogP contribution in [0.25, 0.3) is 28.4 Å². The molecular formula is C24H17ClN2O4. The van der Waals surface area contributed by atoms with Gasteiger partial charge in [-0.05, 0) is 54.6 Å². The first-order chi connectivity index (χ1) is 15.0. The van der Waals surface area contributed by atoms with Crippen LogP contribution < -0.4 is 15.7 Å². The maximum absolute atomic E-state index is 12.4. The van der Waals surface area contributed by atoms with Crippen molar-refractivity contribution >= 4 is 40.2 Å². The molecule has 3 aromatic carbocycles. The molecule has 4 aromatic rings. The summed E-state index contributed by atoms with van der Waals surface area (Å²) in [6.45, 7) is 0. The van der Waals surface area contributed by atoms with Gasteiger partial charge in [0.15, 0.2) is 0 Å². The van der Waals surface area contributed by atoms with Crippen LogP contribution in [0.5, 0.6) is 5.75 Å². The van der Waals surface area contributed by atoms with Gasteiger partial charge in [0, 0.05) is 27.9 Å². The monoisotopic (exact) mass is 432 g/mol. The van der Waals surface area contributed by atoms with E-state index in [1.807, 2.05) is 0 Å². The molecule has 4 rings (SSSR count). The van der Waals surface area contributed by atoms with Crippen molar-refractivity contribution in [3.8, 4) is 17.2 Å². The summed E-state index contributed by atoms with van der Waals surface area (Å²) in [6.07, 6.45) is 3.00. The van der Waals surface area contributed by atoms with Gasteiger partial charge in [0.05, 0.1) is 18.0 Å². The third-order valence-corrected chi connectivity index (χ3v) is 4.75. The molecule has 1 aromatic heterocycles. The molecule has 1 amide bonds. The van der Waals surface area contributed by atoms with E-state index >= 15 is 0 Å². The van der Waals surface area contributed by atoms with Crippen molar-refractivity contribution in [2.75, 3.05) is 12.4 Å². The molecule has 31 heavy (non-hydrogen) atoms. The van der Waals surface area contributed by atoms with Crippen LogP contribution >= 0.6 is 11.6 Å². The average Bonchev–Trinajstić information content (AvgIpc) is 2.78. The highest BCUT2D eigenvalue weighted by Gasteiger charge is 2.09. The average molecular weight is 433 g/mol. The van der Waals surface area contributed by atoms with E-state index < -0.39 is 5.63 Å².